The minimum absolute atomic E-state index is 0.151. The number of aromatic nitrogens is 1. The van der Waals surface area contributed by atoms with E-state index in [1.165, 1.54) is 18.4 Å². The number of amides is 1. The molecule has 0 unspecified atom stereocenters. The number of ether oxygens (including phenoxy) is 1. The Kier molecular flexibility index (Phi) is 5.09. The Bertz CT molecular complexity index is 557. The molecule has 0 aliphatic heterocycles. The number of hydrogen-bond acceptors (Lipinski definition) is 5. The molecule has 1 amide bonds. The van der Waals surface area contributed by atoms with E-state index in [1.807, 2.05) is 35.7 Å². The van der Waals surface area contributed by atoms with Crippen molar-refractivity contribution in [2.75, 3.05) is 19.4 Å². The van der Waals surface area contributed by atoms with Gasteiger partial charge < -0.3 is 15.8 Å². The minimum atomic E-state index is -0.586. The molecule has 1 aromatic carbocycles. The molecule has 106 valence electrons. The molecule has 0 spiro atoms. The monoisotopic (exact) mass is 291 g/mol. The summed E-state index contributed by atoms with van der Waals surface area (Å²) in [5.74, 6) is -0.151. The number of benzene rings is 1. The number of nitrogen functional groups attached to an aromatic ring is 1. The fourth-order valence-corrected chi connectivity index (χ4v) is 2.46. The first-order valence-corrected chi connectivity index (χ1v) is 7.14. The zero-order valence-corrected chi connectivity index (χ0v) is 12.0. The fraction of sp³-hybridized carbons (Fsp3) is 0.286. The SMILES string of the molecule is CO[C@@H](C(=O)NCCc1csc(N)n1)c1ccccc1. The molecular weight excluding hydrogens is 274 g/mol. The number of carbonyl (C=O) groups is 1. The predicted molar refractivity (Wildman–Crippen MR) is 79.4 cm³/mol. The van der Waals surface area contributed by atoms with E-state index in [0.29, 0.717) is 18.1 Å². The molecule has 1 atom stereocenters. The van der Waals surface area contributed by atoms with Gasteiger partial charge in [0.05, 0.1) is 5.69 Å². The number of rotatable bonds is 6. The van der Waals surface area contributed by atoms with E-state index in [-0.39, 0.29) is 5.91 Å². The van der Waals surface area contributed by atoms with Crippen LogP contribution in [0, 0.1) is 0 Å². The van der Waals surface area contributed by atoms with Crippen LogP contribution >= 0.6 is 11.3 Å². The Labute approximate surface area is 121 Å². The van der Waals surface area contributed by atoms with Crippen molar-refractivity contribution in [3.8, 4) is 0 Å². The highest BCUT2D eigenvalue weighted by Crippen LogP contribution is 2.16. The quantitative estimate of drug-likeness (QED) is 0.850. The molecule has 1 heterocycles. The van der Waals surface area contributed by atoms with Gasteiger partial charge in [0.15, 0.2) is 11.2 Å². The lowest BCUT2D eigenvalue weighted by molar-refractivity contribution is -0.131. The first kappa shape index (κ1) is 14.5. The molecule has 0 saturated carbocycles. The predicted octanol–water partition coefficient (Wildman–Crippen LogP) is 1.77. The second-order valence-electron chi connectivity index (χ2n) is 4.24. The van der Waals surface area contributed by atoms with Crippen LogP contribution in [-0.2, 0) is 16.0 Å². The maximum atomic E-state index is 12.1. The molecule has 2 rings (SSSR count). The second-order valence-corrected chi connectivity index (χ2v) is 5.13. The lowest BCUT2D eigenvalue weighted by Crippen LogP contribution is -2.32. The Morgan fingerprint density at radius 1 is 1.45 bits per heavy atom. The van der Waals surface area contributed by atoms with Gasteiger partial charge in [-0.15, -0.1) is 11.3 Å². The van der Waals surface area contributed by atoms with Gasteiger partial charge in [-0.05, 0) is 5.56 Å². The van der Waals surface area contributed by atoms with Gasteiger partial charge >= 0.3 is 0 Å². The summed E-state index contributed by atoms with van der Waals surface area (Å²) in [6.07, 6.45) is 0.0710. The van der Waals surface area contributed by atoms with Crippen molar-refractivity contribution in [3.63, 3.8) is 0 Å². The molecule has 5 nitrogen and oxygen atoms in total. The van der Waals surface area contributed by atoms with Crippen molar-refractivity contribution in [2.45, 2.75) is 12.5 Å². The molecule has 0 aliphatic carbocycles. The molecule has 3 N–H and O–H groups in total. The number of nitrogens with one attached hydrogen (secondary N) is 1. The molecule has 0 bridgehead atoms. The van der Waals surface area contributed by atoms with E-state index in [9.17, 15) is 4.79 Å². The maximum Gasteiger partial charge on any atom is 0.253 e. The molecule has 0 fully saturated rings. The highest BCUT2D eigenvalue weighted by molar-refractivity contribution is 7.13. The molecule has 20 heavy (non-hydrogen) atoms. The van der Waals surface area contributed by atoms with Crippen molar-refractivity contribution in [2.24, 2.45) is 0 Å². The van der Waals surface area contributed by atoms with Crippen molar-refractivity contribution in [1.29, 1.82) is 0 Å². The van der Waals surface area contributed by atoms with E-state index in [2.05, 4.69) is 10.3 Å². The summed E-state index contributed by atoms with van der Waals surface area (Å²) >= 11 is 1.40. The topological polar surface area (TPSA) is 77.2 Å². The molecule has 1 aromatic heterocycles. The van der Waals surface area contributed by atoms with Crippen LogP contribution in [0.5, 0.6) is 0 Å². The lowest BCUT2D eigenvalue weighted by atomic mass is 10.1. The van der Waals surface area contributed by atoms with Gasteiger partial charge in [0.2, 0.25) is 0 Å². The second kappa shape index (κ2) is 7.02. The zero-order chi connectivity index (χ0) is 14.4. The summed E-state index contributed by atoms with van der Waals surface area (Å²) in [4.78, 5) is 16.2. The molecule has 0 aliphatic rings. The van der Waals surface area contributed by atoms with E-state index in [1.54, 1.807) is 0 Å². The number of carbonyl (C=O) groups excluding carboxylic acids is 1. The van der Waals surface area contributed by atoms with Crippen LogP contribution in [0.1, 0.15) is 17.4 Å². The van der Waals surface area contributed by atoms with Gasteiger partial charge in [-0.3, -0.25) is 4.79 Å². The van der Waals surface area contributed by atoms with Crippen LogP contribution in [0.25, 0.3) is 0 Å². The Hall–Kier alpha value is -1.92. The number of hydrogen-bond donors (Lipinski definition) is 2. The van der Waals surface area contributed by atoms with Crippen LogP contribution in [0.2, 0.25) is 0 Å². The summed E-state index contributed by atoms with van der Waals surface area (Å²) in [6, 6.07) is 9.41. The van der Waals surface area contributed by atoms with Gasteiger partial charge in [0, 0.05) is 25.5 Å². The van der Waals surface area contributed by atoms with Crippen molar-refractivity contribution in [1.82, 2.24) is 10.3 Å². The van der Waals surface area contributed by atoms with Crippen molar-refractivity contribution >= 4 is 22.4 Å². The third-order valence-electron chi connectivity index (χ3n) is 2.83. The highest BCUT2D eigenvalue weighted by Gasteiger charge is 2.19. The molecular formula is C14H17N3O2S. The van der Waals surface area contributed by atoms with E-state index >= 15 is 0 Å². The largest absolute Gasteiger partial charge is 0.375 e. The third kappa shape index (κ3) is 3.79. The molecule has 6 heteroatoms. The Morgan fingerprint density at radius 3 is 2.80 bits per heavy atom. The highest BCUT2D eigenvalue weighted by atomic mass is 32.1. The van der Waals surface area contributed by atoms with E-state index in [4.69, 9.17) is 10.5 Å². The first-order valence-electron chi connectivity index (χ1n) is 6.26. The minimum Gasteiger partial charge on any atom is -0.375 e. The molecule has 2 aromatic rings. The normalized spacial score (nSPS) is 12.1. The summed E-state index contributed by atoms with van der Waals surface area (Å²) in [5, 5.41) is 5.29. The van der Waals surface area contributed by atoms with Gasteiger partial charge in [0.25, 0.3) is 5.91 Å². The van der Waals surface area contributed by atoms with Crippen LogP contribution in [0.15, 0.2) is 35.7 Å². The van der Waals surface area contributed by atoms with Gasteiger partial charge in [-0.25, -0.2) is 4.98 Å². The van der Waals surface area contributed by atoms with Crippen LogP contribution < -0.4 is 11.1 Å². The lowest BCUT2D eigenvalue weighted by Gasteiger charge is -2.15. The number of anilines is 1. The average molecular weight is 291 g/mol. The van der Waals surface area contributed by atoms with Crippen molar-refractivity contribution in [3.05, 3.63) is 47.0 Å². The third-order valence-corrected chi connectivity index (χ3v) is 3.55. The summed E-state index contributed by atoms with van der Waals surface area (Å²) in [6.45, 7) is 0.509. The molecule has 0 radical (unpaired) electrons. The Balaban J connectivity index is 1.87. The summed E-state index contributed by atoms with van der Waals surface area (Å²) in [5.41, 5.74) is 7.28. The smallest absolute Gasteiger partial charge is 0.253 e. The number of nitrogens with zero attached hydrogens (tertiary/aromatic N) is 1. The summed E-state index contributed by atoms with van der Waals surface area (Å²) in [7, 11) is 1.53. The van der Waals surface area contributed by atoms with Crippen LogP contribution in [0.3, 0.4) is 0 Å². The van der Waals surface area contributed by atoms with Gasteiger partial charge in [-0.1, -0.05) is 30.3 Å². The van der Waals surface area contributed by atoms with Gasteiger partial charge in [-0.2, -0.15) is 0 Å². The zero-order valence-electron chi connectivity index (χ0n) is 11.2. The maximum absolute atomic E-state index is 12.1. The first-order chi connectivity index (χ1) is 9.70. The average Bonchev–Trinajstić information content (AvgIpc) is 2.86. The summed E-state index contributed by atoms with van der Waals surface area (Å²) < 4.78 is 5.26. The van der Waals surface area contributed by atoms with Crippen molar-refractivity contribution < 1.29 is 9.53 Å². The van der Waals surface area contributed by atoms with Crippen LogP contribution in [0.4, 0.5) is 5.13 Å². The number of methoxy groups -OCH3 is 1. The number of thiazole rings is 1. The Morgan fingerprint density at radius 2 is 2.20 bits per heavy atom. The van der Waals surface area contributed by atoms with E-state index < -0.39 is 6.10 Å². The van der Waals surface area contributed by atoms with E-state index in [0.717, 1.165) is 11.3 Å². The number of nitrogens with two attached hydrogens (primary N) is 1. The van der Waals surface area contributed by atoms with Crippen LogP contribution in [-0.4, -0.2) is 24.5 Å². The fourth-order valence-electron chi connectivity index (χ4n) is 1.87. The molecule has 0 saturated heterocycles. The van der Waals surface area contributed by atoms with Gasteiger partial charge in [0.1, 0.15) is 0 Å². The standard InChI is InChI=1S/C14H17N3O2S/c1-19-12(10-5-3-2-4-6-10)13(18)16-8-7-11-9-20-14(15)17-11/h2-6,9,12H,7-8H2,1H3,(H2,15,17)(H,16,18)/t12-/m1/s1.